The lowest BCUT2D eigenvalue weighted by molar-refractivity contribution is -0.387. The predicted molar refractivity (Wildman–Crippen MR) is 89.5 cm³/mol. The molecule has 2 aromatic rings. The van der Waals surface area contributed by atoms with Crippen LogP contribution in [0.15, 0.2) is 52.3 Å². The van der Waals surface area contributed by atoms with E-state index in [-0.39, 0.29) is 17.9 Å². The summed E-state index contributed by atoms with van der Waals surface area (Å²) >= 11 is 1.05. The van der Waals surface area contributed by atoms with Crippen molar-refractivity contribution >= 4 is 29.5 Å². The molecule has 126 valence electrons. The van der Waals surface area contributed by atoms with Gasteiger partial charge in [0.1, 0.15) is 11.6 Å². The Morgan fingerprint density at radius 1 is 1.44 bits per heavy atom. The first kappa shape index (κ1) is 18.1. The molecule has 0 atom stereocenters. The second-order valence-electron chi connectivity index (χ2n) is 4.51. The average Bonchev–Trinajstić information content (AvgIpc) is 2.61. The number of carbonyl (C=O) groups is 1. The molecule has 0 fully saturated rings. The summed E-state index contributed by atoms with van der Waals surface area (Å²) < 4.78 is 4.76. The highest BCUT2D eigenvalue weighted by Gasteiger charge is 2.17. The van der Waals surface area contributed by atoms with Gasteiger partial charge in [-0.2, -0.15) is 5.26 Å². The Morgan fingerprint density at radius 2 is 2.16 bits per heavy atom. The molecular formula is C16H12N4O4S. The molecule has 8 nitrogen and oxygen atoms in total. The zero-order chi connectivity index (χ0) is 18.2. The second kappa shape index (κ2) is 8.56. The summed E-state index contributed by atoms with van der Waals surface area (Å²) in [5.41, 5.74) is -0.0649. The molecule has 1 aromatic carbocycles. The van der Waals surface area contributed by atoms with Crippen LogP contribution in [0, 0.1) is 21.4 Å². The summed E-state index contributed by atoms with van der Waals surface area (Å²) in [6.07, 6.45) is 4.33. The van der Waals surface area contributed by atoms with Gasteiger partial charge in [-0.1, -0.05) is 6.07 Å². The second-order valence-corrected chi connectivity index (χ2v) is 5.52. The minimum absolute atomic E-state index is 0.130. The van der Waals surface area contributed by atoms with Crippen LogP contribution in [0.5, 0.6) is 0 Å². The van der Waals surface area contributed by atoms with Crippen molar-refractivity contribution in [2.75, 3.05) is 6.61 Å². The SMILES string of the molecule is CCOC(=O)/C(C#N)=C/c1ccc(Sc2ncccn2)c([N+](=O)[O-])c1. The highest BCUT2D eigenvalue weighted by molar-refractivity contribution is 7.99. The number of ether oxygens (including phenoxy) is 1. The number of nitro groups is 1. The number of nitro benzene ring substituents is 1. The van der Waals surface area contributed by atoms with Gasteiger partial charge >= 0.3 is 5.97 Å². The smallest absolute Gasteiger partial charge is 0.348 e. The van der Waals surface area contributed by atoms with Gasteiger partial charge in [-0.25, -0.2) is 14.8 Å². The Bertz CT molecular complexity index is 862. The molecular weight excluding hydrogens is 344 g/mol. The van der Waals surface area contributed by atoms with Crippen LogP contribution in [-0.4, -0.2) is 27.5 Å². The molecule has 0 saturated heterocycles. The molecule has 0 unspecified atom stereocenters. The van der Waals surface area contributed by atoms with Crippen molar-refractivity contribution in [1.82, 2.24) is 9.97 Å². The van der Waals surface area contributed by atoms with Crippen molar-refractivity contribution in [2.24, 2.45) is 0 Å². The van der Waals surface area contributed by atoms with E-state index in [1.54, 1.807) is 25.1 Å². The number of carbonyl (C=O) groups excluding carboxylic acids is 1. The van der Waals surface area contributed by atoms with Gasteiger partial charge in [0.05, 0.1) is 16.4 Å². The molecule has 2 rings (SSSR count). The topological polar surface area (TPSA) is 119 Å². The molecule has 25 heavy (non-hydrogen) atoms. The quantitative estimate of drug-likeness (QED) is 0.193. The van der Waals surface area contributed by atoms with E-state index in [0.717, 1.165) is 11.8 Å². The van der Waals surface area contributed by atoms with Crippen LogP contribution in [0.4, 0.5) is 5.69 Å². The fourth-order valence-corrected chi connectivity index (χ4v) is 2.60. The zero-order valence-corrected chi connectivity index (χ0v) is 13.9. The fourth-order valence-electron chi connectivity index (χ4n) is 1.80. The first-order valence-corrected chi connectivity index (χ1v) is 7.89. The first-order chi connectivity index (χ1) is 12.0. The largest absolute Gasteiger partial charge is 0.462 e. The third kappa shape index (κ3) is 4.86. The maximum absolute atomic E-state index is 11.6. The van der Waals surface area contributed by atoms with Crippen LogP contribution in [0.3, 0.4) is 0 Å². The molecule has 0 bridgehead atoms. The van der Waals surface area contributed by atoms with Crippen LogP contribution in [-0.2, 0) is 9.53 Å². The minimum Gasteiger partial charge on any atom is -0.462 e. The molecule has 0 aliphatic carbocycles. The third-order valence-electron chi connectivity index (χ3n) is 2.85. The normalized spacial score (nSPS) is 10.8. The number of nitrogens with zero attached hydrogens (tertiary/aromatic N) is 4. The van der Waals surface area contributed by atoms with Crippen LogP contribution in [0.1, 0.15) is 12.5 Å². The van der Waals surface area contributed by atoms with Crippen molar-refractivity contribution < 1.29 is 14.5 Å². The van der Waals surface area contributed by atoms with E-state index in [1.165, 1.54) is 30.6 Å². The Labute approximate surface area is 147 Å². The van der Waals surface area contributed by atoms with Gasteiger partial charge in [0.15, 0.2) is 5.16 Å². The maximum Gasteiger partial charge on any atom is 0.348 e. The highest BCUT2D eigenvalue weighted by atomic mass is 32.2. The molecule has 1 heterocycles. The molecule has 9 heteroatoms. The van der Waals surface area contributed by atoms with Crippen LogP contribution in [0.25, 0.3) is 6.08 Å². The Hall–Kier alpha value is -3.25. The molecule has 0 aliphatic heterocycles. The summed E-state index contributed by atoms with van der Waals surface area (Å²) in [6.45, 7) is 1.75. The van der Waals surface area contributed by atoms with Crippen molar-refractivity contribution in [3.8, 4) is 6.07 Å². The van der Waals surface area contributed by atoms with Crippen molar-refractivity contribution in [2.45, 2.75) is 17.0 Å². The maximum atomic E-state index is 11.6. The third-order valence-corrected chi connectivity index (χ3v) is 3.81. The molecule has 0 N–H and O–H groups in total. The van der Waals surface area contributed by atoms with Gasteiger partial charge in [-0.15, -0.1) is 0 Å². The van der Waals surface area contributed by atoms with E-state index < -0.39 is 10.9 Å². The number of hydrogen-bond acceptors (Lipinski definition) is 8. The monoisotopic (exact) mass is 356 g/mol. The van der Waals surface area contributed by atoms with E-state index in [9.17, 15) is 14.9 Å². The summed E-state index contributed by atoms with van der Waals surface area (Å²) in [5, 5.41) is 20.7. The summed E-state index contributed by atoms with van der Waals surface area (Å²) in [4.78, 5) is 30.8. The molecule has 0 amide bonds. The average molecular weight is 356 g/mol. The van der Waals surface area contributed by atoms with Gasteiger partial charge in [-0.3, -0.25) is 10.1 Å². The fraction of sp³-hybridized carbons (Fsp3) is 0.125. The predicted octanol–water partition coefficient (Wildman–Crippen LogP) is 3.01. The zero-order valence-electron chi connectivity index (χ0n) is 13.1. The lowest BCUT2D eigenvalue weighted by Crippen LogP contribution is -2.06. The van der Waals surface area contributed by atoms with Crippen molar-refractivity contribution in [3.63, 3.8) is 0 Å². The molecule has 0 spiro atoms. The Morgan fingerprint density at radius 3 is 2.76 bits per heavy atom. The number of nitriles is 1. The summed E-state index contributed by atoms with van der Waals surface area (Å²) in [6, 6.07) is 7.74. The summed E-state index contributed by atoms with van der Waals surface area (Å²) in [7, 11) is 0. The van der Waals surface area contributed by atoms with Gasteiger partial charge in [0.2, 0.25) is 0 Å². The summed E-state index contributed by atoms with van der Waals surface area (Å²) in [5.74, 6) is -0.774. The number of esters is 1. The number of rotatable bonds is 6. The van der Waals surface area contributed by atoms with Gasteiger partial charge in [0.25, 0.3) is 5.69 Å². The van der Waals surface area contributed by atoms with E-state index in [1.807, 2.05) is 0 Å². The molecule has 0 aliphatic rings. The first-order valence-electron chi connectivity index (χ1n) is 7.07. The van der Waals surface area contributed by atoms with Crippen LogP contribution >= 0.6 is 11.8 Å². The van der Waals surface area contributed by atoms with E-state index >= 15 is 0 Å². The van der Waals surface area contributed by atoms with Crippen molar-refractivity contribution in [3.05, 3.63) is 57.9 Å². The van der Waals surface area contributed by atoms with Crippen LogP contribution in [0.2, 0.25) is 0 Å². The Balaban J connectivity index is 2.37. The standard InChI is InChI=1S/C16H12N4O4S/c1-2-24-15(21)12(10-17)8-11-4-5-14(13(9-11)20(22)23)25-16-18-6-3-7-19-16/h3-9H,2H2,1H3/b12-8+. The lowest BCUT2D eigenvalue weighted by atomic mass is 10.1. The van der Waals surface area contributed by atoms with Gasteiger partial charge < -0.3 is 4.74 Å². The lowest BCUT2D eigenvalue weighted by Gasteiger charge is -2.04. The highest BCUT2D eigenvalue weighted by Crippen LogP contribution is 2.33. The van der Waals surface area contributed by atoms with E-state index in [4.69, 9.17) is 10.00 Å². The Kier molecular flexibility index (Phi) is 6.20. The molecule has 0 saturated carbocycles. The minimum atomic E-state index is -0.774. The number of aromatic nitrogens is 2. The van der Waals surface area contributed by atoms with E-state index in [2.05, 4.69) is 9.97 Å². The van der Waals surface area contributed by atoms with Crippen molar-refractivity contribution in [1.29, 1.82) is 5.26 Å². The van der Waals surface area contributed by atoms with Crippen LogP contribution < -0.4 is 0 Å². The number of hydrogen-bond donors (Lipinski definition) is 0. The molecule has 1 aromatic heterocycles. The van der Waals surface area contributed by atoms with Gasteiger partial charge in [-0.05, 0) is 42.5 Å². The number of benzene rings is 1. The van der Waals surface area contributed by atoms with E-state index in [0.29, 0.717) is 15.6 Å². The van der Waals surface area contributed by atoms with Gasteiger partial charge in [0, 0.05) is 18.5 Å². The molecule has 0 radical (unpaired) electrons.